The fourth-order valence-corrected chi connectivity index (χ4v) is 3.51. The van der Waals surface area contributed by atoms with Crippen molar-refractivity contribution in [2.45, 2.75) is 43.5 Å². The van der Waals surface area contributed by atoms with E-state index < -0.39 is 0 Å². The topological polar surface area (TPSA) is 18.5 Å². The molecule has 2 rings (SSSR count). The van der Waals surface area contributed by atoms with Crippen LogP contribution >= 0.6 is 31.9 Å². The van der Waals surface area contributed by atoms with E-state index in [1.54, 1.807) is 0 Å². The van der Waals surface area contributed by atoms with Gasteiger partial charge in [0.2, 0.25) is 0 Å². The van der Waals surface area contributed by atoms with Gasteiger partial charge in [0, 0.05) is 6.61 Å². The smallest absolute Gasteiger partial charge is 0.133 e. The molecule has 2 unspecified atom stereocenters. The van der Waals surface area contributed by atoms with E-state index in [9.17, 15) is 0 Å². The quantitative estimate of drug-likeness (QED) is 0.638. The molecule has 0 radical (unpaired) electrons. The molecular weight excluding hydrogens is 372 g/mol. The van der Waals surface area contributed by atoms with E-state index >= 15 is 0 Å². The Morgan fingerprint density at radius 3 is 2.84 bits per heavy atom. The fourth-order valence-electron chi connectivity index (χ4n) is 2.36. The highest BCUT2D eigenvalue weighted by molar-refractivity contribution is 9.10. The number of benzene rings is 1. The zero-order chi connectivity index (χ0) is 13.9. The number of alkyl halides is 1. The molecule has 0 aliphatic carbocycles. The van der Waals surface area contributed by atoms with Crippen LogP contribution in [0.5, 0.6) is 5.75 Å². The van der Waals surface area contributed by atoms with E-state index in [0.29, 0.717) is 0 Å². The van der Waals surface area contributed by atoms with Crippen molar-refractivity contribution in [3.63, 3.8) is 0 Å². The molecule has 1 aromatic rings. The van der Waals surface area contributed by atoms with Gasteiger partial charge >= 0.3 is 0 Å². The Hall–Kier alpha value is -0.0600. The number of hydrogen-bond acceptors (Lipinski definition) is 2. The lowest BCUT2D eigenvalue weighted by Gasteiger charge is -2.29. The van der Waals surface area contributed by atoms with Crippen LogP contribution in [-0.2, 0) is 4.74 Å². The predicted octanol–water partition coefficient (Wildman–Crippen LogP) is 5.24. The van der Waals surface area contributed by atoms with Gasteiger partial charge in [-0.2, -0.15) is 0 Å². The highest BCUT2D eigenvalue weighted by Crippen LogP contribution is 2.44. The van der Waals surface area contributed by atoms with Crippen LogP contribution in [0.2, 0.25) is 0 Å². The van der Waals surface area contributed by atoms with Crippen LogP contribution in [-0.4, -0.2) is 18.8 Å². The van der Waals surface area contributed by atoms with Crippen LogP contribution in [0.25, 0.3) is 0 Å². The molecule has 1 aromatic carbocycles. The zero-order valence-electron chi connectivity index (χ0n) is 11.4. The van der Waals surface area contributed by atoms with E-state index in [4.69, 9.17) is 9.47 Å². The predicted molar refractivity (Wildman–Crippen MR) is 85.2 cm³/mol. The summed E-state index contributed by atoms with van der Waals surface area (Å²) in [4.78, 5) is 0.207. The molecule has 0 spiro atoms. The molecule has 0 aromatic heterocycles. The summed E-state index contributed by atoms with van der Waals surface area (Å²) in [6.07, 6.45) is 3.24. The molecule has 0 N–H and O–H groups in total. The minimum Gasteiger partial charge on any atom is -0.492 e. The normalized spacial score (nSPS) is 24.4. The number of rotatable bonds is 5. The van der Waals surface area contributed by atoms with Gasteiger partial charge in [-0.25, -0.2) is 0 Å². The highest BCUT2D eigenvalue weighted by atomic mass is 79.9. The summed E-state index contributed by atoms with van der Waals surface area (Å²) in [6, 6.07) is 6.26. The number of halogens is 2. The molecule has 0 saturated carbocycles. The summed E-state index contributed by atoms with van der Waals surface area (Å²) in [6.45, 7) is 5.89. The Morgan fingerprint density at radius 1 is 1.47 bits per heavy atom. The van der Waals surface area contributed by atoms with Gasteiger partial charge in [-0.1, -0.05) is 28.9 Å². The Balaban J connectivity index is 2.14. The van der Waals surface area contributed by atoms with Crippen molar-refractivity contribution in [2.24, 2.45) is 0 Å². The first-order chi connectivity index (χ1) is 9.07. The zero-order valence-corrected chi connectivity index (χ0v) is 14.6. The molecule has 1 saturated heterocycles. The molecule has 0 amide bonds. The molecule has 1 aliphatic rings. The largest absolute Gasteiger partial charge is 0.492 e. The van der Waals surface area contributed by atoms with E-state index in [1.807, 2.05) is 6.07 Å². The average Bonchev–Trinajstić information content (AvgIpc) is 2.84. The first kappa shape index (κ1) is 15.3. The third kappa shape index (κ3) is 3.53. The fraction of sp³-hybridized carbons (Fsp3) is 0.600. The van der Waals surface area contributed by atoms with Gasteiger partial charge in [-0.05, 0) is 59.8 Å². The summed E-state index contributed by atoms with van der Waals surface area (Å²) in [7, 11) is 0. The van der Waals surface area contributed by atoms with Gasteiger partial charge in [0.15, 0.2) is 0 Å². The summed E-state index contributed by atoms with van der Waals surface area (Å²) < 4.78 is 12.6. The van der Waals surface area contributed by atoms with Crippen molar-refractivity contribution >= 4 is 31.9 Å². The van der Waals surface area contributed by atoms with Gasteiger partial charge in [0.25, 0.3) is 0 Å². The van der Waals surface area contributed by atoms with Crippen LogP contribution in [0, 0.1) is 0 Å². The lowest BCUT2D eigenvalue weighted by atomic mass is 9.93. The van der Waals surface area contributed by atoms with E-state index in [-0.39, 0.29) is 10.4 Å². The van der Waals surface area contributed by atoms with Crippen molar-refractivity contribution < 1.29 is 9.47 Å². The summed E-state index contributed by atoms with van der Waals surface area (Å²) in [5.74, 6) is 0.905. The third-order valence-electron chi connectivity index (χ3n) is 3.50. The van der Waals surface area contributed by atoms with Crippen molar-refractivity contribution in [2.75, 3.05) is 13.2 Å². The van der Waals surface area contributed by atoms with Gasteiger partial charge in [-0.3, -0.25) is 0 Å². The second-order valence-corrected chi connectivity index (χ2v) is 6.94. The molecular formula is C15H20Br2O2. The molecule has 1 heterocycles. The Labute approximate surface area is 132 Å². The van der Waals surface area contributed by atoms with Crippen LogP contribution in [0.1, 0.15) is 43.5 Å². The molecule has 106 valence electrons. The minimum absolute atomic E-state index is 0.106. The van der Waals surface area contributed by atoms with Gasteiger partial charge in [0.1, 0.15) is 5.75 Å². The van der Waals surface area contributed by atoms with E-state index in [1.165, 1.54) is 5.56 Å². The van der Waals surface area contributed by atoms with Crippen molar-refractivity contribution in [1.82, 2.24) is 0 Å². The lowest BCUT2D eigenvalue weighted by Crippen LogP contribution is -2.28. The van der Waals surface area contributed by atoms with Gasteiger partial charge < -0.3 is 9.47 Å². The standard InChI is InChI=1S/C15H20Br2O2/c1-3-8-18-13-6-5-11(10-12(13)16)14(17)15(2)7-4-9-19-15/h5-6,10,14H,3-4,7-9H2,1-2H3. The van der Waals surface area contributed by atoms with Crippen molar-refractivity contribution in [1.29, 1.82) is 0 Å². The van der Waals surface area contributed by atoms with Crippen molar-refractivity contribution in [3.05, 3.63) is 28.2 Å². The first-order valence-electron chi connectivity index (χ1n) is 6.77. The summed E-state index contributed by atoms with van der Waals surface area (Å²) in [5, 5.41) is 0. The number of ether oxygens (including phenoxy) is 2. The van der Waals surface area contributed by atoms with Crippen LogP contribution in [0.4, 0.5) is 0 Å². The maximum atomic E-state index is 5.90. The SMILES string of the molecule is CCCOc1ccc(C(Br)C2(C)CCCO2)cc1Br. The monoisotopic (exact) mass is 390 g/mol. The summed E-state index contributed by atoms with van der Waals surface area (Å²) in [5.41, 5.74) is 1.12. The Kier molecular flexibility index (Phi) is 5.32. The second-order valence-electron chi connectivity index (χ2n) is 5.17. The first-order valence-corrected chi connectivity index (χ1v) is 8.48. The molecule has 19 heavy (non-hydrogen) atoms. The van der Waals surface area contributed by atoms with Crippen LogP contribution < -0.4 is 4.74 Å². The third-order valence-corrected chi connectivity index (χ3v) is 5.61. The number of hydrogen-bond donors (Lipinski definition) is 0. The maximum absolute atomic E-state index is 5.90. The lowest BCUT2D eigenvalue weighted by molar-refractivity contribution is 0.0197. The minimum atomic E-state index is -0.106. The molecule has 1 fully saturated rings. The van der Waals surface area contributed by atoms with E-state index in [0.717, 1.165) is 42.7 Å². The van der Waals surface area contributed by atoms with Crippen LogP contribution in [0.15, 0.2) is 22.7 Å². The summed E-state index contributed by atoms with van der Waals surface area (Å²) >= 11 is 7.38. The maximum Gasteiger partial charge on any atom is 0.133 e. The van der Waals surface area contributed by atoms with E-state index in [2.05, 4.69) is 57.8 Å². The Morgan fingerprint density at radius 2 is 2.26 bits per heavy atom. The molecule has 0 bridgehead atoms. The van der Waals surface area contributed by atoms with Crippen molar-refractivity contribution in [3.8, 4) is 5.75 Å². The van der Waals surface area contributed by atoms with Crippen LogP contribution in [0.3, 0.4) is 0 Å². The average molecular weight is 392 g/mol. The molecule has 2 atom stereocenters. The second kappa shape index (κ2) is 6.59. The Bertz CT molecular complexity index is 428. The highest BCUT2D eigenvalue weighted by Gasteiger charge is 2.37. The van der Waals surface area contributed by atoms with Gasteiger partial charge in [0.05, 0.1) is 21.5 Å². The molecule has 2 nitrogen and oxygen atoms in total. The molecule has 1 aliphatic heterocycles. The van der Waals surface area contributed by atoms with Gasteiger partial charge in [-0.15, -0.1) is 0 Å². The molecule has 4 heteroatoms.